The van der Waals surface area contributed by atoms with Crippen molar-refractivity contribution in [1.29, 1.82) is 0 Å². The number of hydrogen-bond acceptors (Lipinski definition) is 3. The van der Waals surface area contributed by atoms with Crippen LogP contribution in [-0.2, 0) is 4.74 Å². The summed E-state index contributed by atoms with van der Waals surface area (Å²) in [4.78, 5) is 18.3. The molecule has 0 saturated carbocycles. The number of ether oxygens (including phenoxy) is 1. The van der Waals surface area contributed by atoms with Crippen LogP contribution in [0.5, 0.6) is 0 Å². The molecular weight excluding hydrogens is 298 g/mol. The van der Waals surface area contributed by atoms with Crippen molar-refractivity contribution in [2.24, 2.45) is 0 Å². The Labute approximate surface area is 114 Å². The summed E-state index contributed by atoms with van der Waals surface area (Å²) >= 11 is 3.36. The van der Waals surface area contributed by atoms with Gasteiger partial charge in [0.25, 0.3) is 0 Å². The zero-order valence-electron chi connectivity index (χ0n) is 9.80. The van der Waals surface area contributed by atoms with Crippen LogP contribution in [0.15, 0.2) is 22.8 Å². The van der Waals surface area contributed by atoms with Gasteiger partial charge in [0, 0.05) is 10.7 Å². The molecule has 2 saturated heterocycles. The predicted octanol–water partition coefficient (Wildman–Crippen LogP) is 2.24. The van der Waals surface area contributed by atoms with Crippen molar-refractivity contribution in [2.75, 3.05) is 18.5 Å². The number of nitrogens with one attached hydrogen (secondary N) is 1. The van der Waals surface area contributed by atoms with Gasteiger partial charge in [0.1, 0.15) is 5.82 Å². The molecule has 1 aromatic rings. The highest BCUT2D eigenvalue weighted by Gasteiger charge is 2.40. The molecule has 0 radical (unpaired) electrons. The number of urea groups is 1. The van der Waals surface area contributed by atoms with Gasteiger partial charge in [-0.2, -0.15) is 0 Å². The van der Waals surface area contributed by atoms with Crippen LogP contribution in [-0.4, -0.2) is 41.2 Å². The molecule has 96 valence electrons. The molecule has 1 aromatic heterocycles. The highest BCUT2D eigenvalue weighted by atomic mass is 79.9. The number of halogens is 1. The molecule has 2 aliphatic heterocycles. The molecule has 18 heavy (non-hydrogen) atoms. The second-order valence-electron chi connectivity index (χ2n) is 4.62. The first-order valence-electron chi connectivity index (χ1n) is 6.02. The second-order valence-corrected chi connectivity index (χ2v) is 5.53. The van der Waals surface area contributed by atoms with Gasteiger partial charge in [-0.05, 0) is 25.0 Å². The smallest absolute Gasteiger partial charge is 0.323 e. The van der Waals surface area contributed by atoms with Gasteiger partial charge in [0.05, 0.1) is 25.3 Å². The summed E-state index contributed by atoms with van der Waals surface area (Å²) in [5.41, 5.74) is 0. The SMILES string of the molecule is O=C(Nc1cc(Br)ccn1)N1C2CCC1COC2. The Kier molecular flexibility index (Phi) is 3.22. The van der Waals surface area contributed by atoms with Crippen LogP contribution < -0.4 is 5.32 Å². The van der Waals surface area contributed by atoms with Crippen LogP contribution in [0.25, 0.3) is 0 Å². The third-order valence-electron chi connectivity index (χ3n) is 3.43. The summed E-state index contributed by atoms with van der Waals surface area (Å²) in [6.07, 6.45) is 3.72. The van der Waals surface area contributed by atoms with E-state index >= 15 is 0 Å². The van der Waals surface area contributed by atoms with E-state index in [1.165, 1.54) is 0 Å². The molecular formula is C12H14BrN3O2. The Bertz CT molecular complexity index is 452. The molecule has 6 heteroatoms. The van der Waals surface area contributed by atoms with E-state index in [0.717, 1.165) is 17.3 Å². The summed E-state index contributed by atoms with van der Waals surface area (Å²) in [5.74, 6) is 0.570. The van der Waals surface area contributed by atoms with Crippen LogP contribution >= 0.6 is 15.9 Å². The lowest BCUT2D eigenvalue weighted by molar-refractivity contribution is 0.00947. The van der Waals surface area contributed by atoms with Gasteiger partial charge in [0.15, 0.2) is 0 Å². The quantitative estimate of drug-likeness (QED) is 0.865. The van der Waals surface area contributed by atoms with E-state index < -0.39 is 0 Å². The molecule has 2 aliphatic rings. The first kappa shape index (κ1) is 11.9. The lowest BCUT2D eigenvalue weighted by Gasteiger charge is -2.34. The minimum Gasteiger partial charge on any atom is -0.377 e. The molecule has 2 fully saturated rings. The molecule has 0 spiro atoms. The van der Waals surface area contributed by atoms with E-state index in [1.54, 1.807) is 12.3 Å². The highest BCUT2D eigenvalue weighted by molar-refractivity contribution is 9.10. The Morgan fingerprint density at radius 1 is 1.44 bits per heavy atom. The number of rotatable bonds is 1. The van der Waals surface area contributed by atoms with Gasteiger partial charge in [-0.25, -0.2) is 9.78 Å². The summed E-state index contributed by atoms with van der Waals surface area (Å²) in [6, 6.07) is 3.98. The van der Waals surface area contributed by atoms with E-state index in [9.17, 15) is 4.79 Å². The number of fused-ring (bicyclic) bond motifs is 2. The first-order valence-corrected chi connectivity index (χ1v) is 6.82. The molecule has 1 N–H and O–H groups in total. The Morgan fingerprint density at radius 3 is 2.83 bits per heavy atom. The maximum atomic E-state index is 12.2. The molecule has 2 amide bonds. The molecule has 2 bridgehead atoms. The normalized spacial score (nSPS) is 26.2. The third kappa shape index (κ3) is 2.22. The topological polar surface area (TPSA) is 54.5 Å². The van der Waals surface area contributed by atoms with Crippen LogP contribution in [0.4, 0.5) is 10.6 Å². The van der Waals surface area contributed by atoms with Crippen molar-refractivity contribution in [3.8, 4) is 0 Å². The number of aromatic nitrogens is 1. The number of nitrogens with zero attached hydrogens (tertiary/aromatic N) is 2. The van der Waals surface area contributed by atoms with Crippen LogP contribution in [0.1, 0.15) is 12.8 Å². The maximum absolute atomic E-state index is 12.2. The highest BCUT2D eigenvalue weighted by Crippen LogP contribution is 2.29. The summed E-state index contributed by atoms with van der Waals surface area (Å²) in [6.45, 7) is 1.30. The van der Waals surface area contributed by atoms with Crippen LogP contribution in [0.3, 0.4) is 0 Å². The molecule has 0 aliphatic carbocycles. The average molecular weight is 312 g/mol. The molecule has 2 atom stereocenters. The predicted molar refractivity (Wildman–Crippen MR) is 70.4 cm³/mol. The van der Waals surface area contributed by atoms with Crippen molar-refractivity contribution >= 4 is 27.8 Å². The van der Waals surface area contributed by atoms with Gasteiger partial charge in [-0.3, -0.25) is 5.32 Å². The number of carbonyl (C=O) groups is 1. The number of anilines is 1. The number of hydrogen-bond donors (Lipinski definition) is 1. The summed E-state index contributed by atoms with van der Waals surface area (Å²) in [5, 5.41) is 2.84. The Balaban J connectivity index is 1.72. The van der Waals surface area contributed by atoms with E-state index in [1.807, 2.05) is 11.0 Å². The minimum atomic E-state index is -0.0728. The lowest BCUT2D eigenvalue weighted by atomic mass is 10.2. The van der Waals surface area contributed by atoms with Crippen molar-refractivity contribution in [2.45, 2.75) is 24.9 Å². The van der Waals surface area contributed by atoms with Crippen molar-refractivity contribution in [1.82, 2.24) is 9.88 Å². The van der Waals surface area contributed by atoms with Gasteiger partial charge < -0.3 is 9.64 Å². The number of amides is 2. The van der Waals surface area contributed by atoms with Crippen LogP contribution in [0.2, 0.25) is 0 Å². The zero-order valence-corrected chi connectivity index (χ0v) is 11.4. The van der Waals surface area contributed by atoms with Crippen molar-refractivity contribution < 1.29 is 9.53 Å². The van der Waals surface area contributed by atoms with Gasteiger partial charge in [0.2, 0.25) is 0 Å². The number of morpholine rings is 1. The van der Waals surface area contributed by atoms with E-state index in [2.05, 4.69) is 26.2 Å². The Hall–Kier alpha value is -1.14. The second kappa shape index (κ2) is 4.85. The van der Waals surface area contributed by atoms with E-state index in [4.69, 9.17) is 4.74 Å². The molecule has 5 nitrogen and oxygen atoms in total. The third-order valence-corrected chi connectivity index (χ3v) is 3.93. The van der Waals surface area contributed by atoms with E-state index in [0.29, 0.717) is 19.0 Å². The molecule has 3 heterocycles. The lowest BCUT2D eigenvalue weighted by Crippen LogP contribution is -2.50. The fraction of sp³-hybridized carbons (Fsp3) is 0.500. The fourth-order valence-corrected chi connectivity index (χ4v) is 2.94. The van der Waals surface area contributed by atoms with Gasteiger partial charge >= 0.3 is 6.03 Å². The fourth-order valence-electron chi connectivity index (χ4n) is 2.61. The minimum absolute atomic E-state index is 0.0728. The number of carbonyl (C=O) groups excluding carboxylic acids is 1. The average Bonchev–Trinajstić information content (AvgIpc) is 2.60. The summed E-state index contributed by atoms with van der Waals surface area (Å²) in [7, 11) is 0. The largest absolute Gasteiger partial charge is 0.377 e. The molecule has 0 aromatic carbocycles. The molecule has 2 unspecified atom stereocenters. The van der Waals surface area contributed by atoms with Crippen LogP contribution in [0, 0.1) is 0 Å². The number of pyridine rings is 1. The van der Waals surface area contributed by atoms with Gasteiger partial charge in [-0.1, -0.05) is 15.9 Å². The van der Waals surface area contributed by atoms with E-state index in [-0.39, 0.29) is 18.1 Å². The monoisotopic (exact) mass is 311 g/mol. The summed E-state index contributed by atoms with van der Waals surface area (Å²) < 4.78 is 6.36. The maximum Gasteiger partial charge on any atom is 0.323 e. The van der Waals surface area contributed by atoms with Gasteiger partial charge in [-0.15, -0.1) is 0 Å². The van der Waals surface area contributed by atoms with Crippen molar-refractivity contribution in [3.63, 3.8) is 0 Å². The zero-order chi connectivity index (χ0) is 12.5. The Morgan fingerprint density at radius 2 is 2.17 bits per heavy atom. The standard InChI is InChI=1S/C12H14BrN3O2/c13-8-3-4-14-11(5-8)15-12(17)16-9-1-2-10(16)7-18-6-9/h3-5,9-10H,1-2,6-7H2,(H,14,15,17). The first-order chi connectivity index (χ1) is 8.74. The van der Waals surface area contributed by atoms with Crippen molar-refractivity contribution in [3.05, 3.63) is 22.8 Å². The molecule has 3 rings (SSSR count).